The summed E-state index contributed by atoms with van der Waals surface area (Å²) < 4.78 is 0. The molecule has 0 spiro atoms. The van der Waals surface area contributed by atoms with E-state index in [1.807, 2.05) is 81.4 Å². The van der Waals surface area contributed by atoms with Gasteiger partial charge in [-0.3, -0.25) is 9.69 Å². The summed E-state index contributed by atoms with van der Waals surface area (Å²) >= 11 is 1.46. The number of para-hydroxylation sites is 2. The van der Waals surface area contributed by atoms with E-state index in [0.717, 1.165) is 28.2 Å². The molecule has 0 N–H and O–H groups in total. The molecule has 5 heteroatoms. The molecule has 4 nitrogen and oxygen atoms in total. The number of nitrogens with zero attached hydrogens (tertiary/aromatic N) is 3. The van der Waals surface area contributed by atoms with Gasteiger partial charge in [-0.15, -0.1) is 11.8 Å². The molecule has 0 aliphatic carbocycles. The molecule has 0 saturated carbocycles. The minimum absolute atomic E-state index is 0.00830. The second-order valence-corrected chi connectivity index (χ2v) is 7.82. The Morgan fingerprint density at radius 1 is 0.966 bits per heavy atom. The fourth-order valence-electron chi connectivity index (χ4n) is 3.09. The number of amides is 1. The lowest BCUT2D eigenvalue weighted by molar-refractivity contribution is -0.117. The molecule has 0 fully saturated rings. The molecule has 0 aliphatic rings. The highest BCUT2D eigenvalue weighted by Crippen LogP contribution is 2.29. The van der Waals surface area contributed by atoms with E-state index in [1.54, 1.807) is 4.90 Å². The summed E-state index contributed by atoms with van der Waals surface area (Å²) in [6, 6.07) is 21.6. The summed E-state index contributed by atoms with van der Waals surface area (Å²) in [5, 5.41) is 10.2. The highest BCUT2D eigenvalue weighted by molar-refractivity contribution is 7.99. The summed E-state index contributed by atoms with van der Waals surface area (Å²) in [5.41, 5.74) is 5.21. The molecule has 0 saturated heterocycles. The largest absolute Gasteiger partial charge is 0.281 e. The van der Waals surface area contributed by atoms with Crippen molar-refractivity contribution in [3.8, 4) is 6.07 Å². The first-order valence-corrected chi connectivity index (χ1v) is 10.4. The number of aryl methyl sites for hydroxylation is 1. The van der Waals surface area contributed by atoms with Gasteiger partial charge in [-0.25, -0.2) is 4.98 Å². The topological polar surface area (TPSA) is 57.0 Å². The van der Waals surface area contributed by atoms with E-state index in [0.29, 0.717) is 22.8 Å². The predicted molar refractivity (Wildman–Crippen MR) is 119 cm³/mol. The molecule has 1 amide bonds. The Kier molecular flexibility index (Phi) is 6.69. The second-order valence-electron chi connectivity index (χ2n) is 6.74. The quantitative estimate of drug-likeness (QED) is 0.495. The Hall–Kier alpha value is -3.10. The Morgan fingerprint density at radius 3 is 2.03 bits per heavy atom. The molecule has 0 unspecified atom stereocenters. The monoisotopic (exact) mass is 401 g/mol. The number of benzene rings is 2. The third kappa shape index (κ3) is 4.67. The van der Waals surface area contributed by atoms with Crippen LogP contribution in [0.5, 0.6) is 0 Å². The van der Waals surface area contributed by atoms with Gasteiger partial charge in [-0.1, -0.05) is 36.4 Å². The van der Waals surface area contributed by atoms with Crippen LogP contribution in [0.1, 0.15) is 28.8 Å². The van der Waals surface area contributed by atoms with Crippen molar-refractivity contribution in [3.63, 3.8) is 0 Å². The van der Waals surface area contributed by atoms with Crippen LogP contribution >= 0.6 is 11.8 Å². The van der Waals surface area contributed by atoms with E-state index in [9.17, 15) is 10.1 Å². The molecule has 3 rings (SSSR count). The fourth-order valence-corrected chi connectivity index (χ4v) is 4.10. The summed E-state index contributed by atoms with van der Waals surface area (Å²) in [6.45, 7) is 5.88. The number of pyridine rings is 1. The minimum atomic E-state index is 0.00830. The van der Waals surface area contributed by atoms with E-state index < -0.39 is 0 Å². The van der Waals surface area contributed by atoms with Crippen LogP contribution < -0.4 is 4.90 Å². The Bertz CT molecular complexity index is 1000. The third-order valence-electron chi connectivity index (χ3n) is 4.91. The number of hydrogen-bond acceptors (Lipinski definition) is 4. The second kappa shape index (κ2) is 9.40. The molecule has 146 valence electrons. The molecule has 1 heterocycles. The van der Waals surface area contributed by atoms with Crippen molar-refractivity contribution in [3.05, 3.63) is 83.0 Å². The van der Waals surface area contributed by atoms with Crippen molar-refractivity contribution in [2.45, 2.75) is 32.2 Å². The Balaban J connectivity index is 1.78. The predicted octanol–water partition coefficient (Wildman–Crippen LogP) is 5.73. The Labute approximate surface area is 176 Å². The lowest BCUT2D eigenvalue weighted by atomic mass is 10.1. The van der Waals surface area contributed by atoms with Crippen LogP contribution in [0.2, 0.25) is 0 Å². The van der Waals surface area contributed by atoms with Crippen LogP contribution in [-0.2, 0) is 4.79 Å². The maximum atomic E-state index is 13.1. The van der Waals surface area contributed by atoms with Crippen molar-refractivity contribution in [1.82, 2.24) is 4.98 Å². The van der Waals surface area contributed by atoms with E-state index in [4.69, 9.17) is 0 Å². The number of anilines is 2. The minimum Gasteiger partial charge on any atom is -0.281 e. The zero-order valence-electron chi connectivity index (χ0n) is 16.8. The highest BCUT2D eigenvalue weighted by Gasteiger charge is 2.19. The average Bonchev–Trinajstić information content (AvgIpc) is 2.74. The summed E-state index contributed by atoms with van der Waals surface area (Å²) in [7, 11) is 0. The van der Waals surface area contributed by atoms with E-state index in [1.165, 1.54) is 11.8 Å². The average molecular weight is 402 g/mol. The Morgan fingerprint density at radius 2 is 1.52 bits per heavy atom. The maximum Gasteiger partial charge on any atom is 0.232 e. The van der Waals surface area contributed by atoms with E-state index >= 15 is 0 Å². The van der Waals surface area contributed by atoms with Crippen molar-refractivity contribution in [2.24, 2.45) is 0 Å². The normalized spacial score (nSPS) is 10.4. The number of hydrogen-bond donors (Lipinski definition) is 0. The standard InChI is InChI=1S/C24H23N3OS/c1-17-18(2)22(16-25)24(26-19(17)3)29-15-14-23(28)27(20-10-6-4-7-11-20)21-12-8-5-9-13-21/h4-13H,14-15H2,1-3H3. The number of aromatic nitrogens is 1. The van der Waals surface area contributed by atoms with Crippen LogP contribution in [0.15, 0.2) is 65.7 Å². The van der Waals surface area contributed by atoms with Gasteiger partial charge in [0, 0.05) is 29.2 Å². The summed E-state index contributed by atoms with van der Waals surface area (Å²) in [6.07, 6.45) is 0.340. The van der Waals surface area contributed by atoms with Crippen LogP contribution in [-0.4, -0.2) is 16.6 Å². The molecular weight excluding hydrogens is 378 g/mol. The van der Waals surface area contributed by atoms with Gasteiger partial charge in [0.05, 0.1) is 5.56 Å². The summed E-state index contributed by atoms with van der Waals surface area (Å²) in [4.78, 5) is 19.4. The van der Waals surface area contributed by atoms with Crippen molar-refractivity contribution >= 4 is 29.0 Å². The van der Waals surface area contributed by atoms with Gasteiger partial charge in [-0.05, 0) is 56.2 Å². The molecular formula is C24H23N3OS. The molecule has 0 radical (unpaired) electrons. The van der Waals surface area contributed by atoms with Gasteiger partial charge in [0.25, 0.3) is 0 Å². The summed E-state index contributed by atoms with van der Waals surface area (Å²) in [5.74, 6) is 0.562. The smallest absolute Gasteiger partial charge is 0.232 e. The molecule has 0 atom stereocenters. The molecule has 0 aliphatic heterocycles. The molecule has 0 bridgehead atoms. The number of carbonyl (C=O) groups is 1. The van der Waals surface area contributed by atoms with Gasteiger partial charge in [0.1, 0.15) is 11.1 Å². The highest BCUT2D eigenvalue weighted by atomic mass is 32.2. The van der Waals surface area contributed by atoms with E-state index in [2.05, 4.69) is 11.1 Å². The van der Waals surface area contributed by atoms with Crippen LogP contribution in [0.4, 0.5) is 11.4 Å². The van der Waals surface area contributed by atoms with Gasteiger partial charge in [0.15, 0.2) is 0 Å². The first-order valence-electron chi connectivity index (χ1n) is 9.46. The van der Waals surface area contributed by atoms with Crippen molar-refractivity contribution in [1.29, 1.82) is 5.26 Å². The van der Waals surface area contributed by atoms with Gasteiger partial charge < -0.3 is 0 Å². The van der Waals surface area contributed by atoms with E-state index in [-0.39, 0.29) is 5.91 Å². The van der Waals surface area contributed by atoms with Crippen LogP contribution in [0.3, 0.4) is 0 Å². The lowest BCUT2D eigenvalue weighted by Gasteiger charge is -2.23. The first kappa shape index (κ1) is 20.6. The molecule has 2 aromatic carbocycles. The van der Waals surface area contributed by atoms with Gasteiger partial charge >= 0.3 is 0 Å². The first-order chi connectivity index (χ1) is 14.0. The van der Waals surface area contributed by atoms with Gasteiger partial charge in [-0.2, -0.15) is 5.26 Å². The van der Waals surface area contributed by atoms with Crippen LogP contribution in [0.25, 0.3) is 0 Å². The zero-order chi connectivity index (χ0) is 20.8. The molecule has 1 aromatic heterocycles. The molecule has 29 heavy (non-hydrogen) atoms. The number of thioether (sulfide) groups is 1. The van der Waals surface area contributed by atoms with Crippen molar-refractivity contribution < 1.29 is 4.79 Å². The maximum absolute atomic E-state index is 13.1. The molecule has 3 aromatic rings. The van der Waals surface area contributed by atoms with Crippen LogP contribution in [0, 0.1) is 32.1 Å². The van der Waals surface area contributed by atoms with Gasteiger partial charge in [0.2, 0.25) is 5.91 Å². The fraction of sp³-hybridized carbons (Fsp3) is 0.208. The third-order valence-corrected chi connectivity index (χ3v) is 5.89. The number of rotatable bonds is 6. The lowest BCUT2D eigenvalue weighted by Crippen LogP contribution is -2.26. The SMILES string of the molecule is Cc1nc(SCCC(=O)N(c2ccccc2)c2ccccc2)c(C#N)c(C)c1C. The number of nitriles is 1. The number of carbonyl (C=O) groups excluding carboxylic acids is 1. The zero-order valence-corrected chi connectivity index (χ0v) is 17.7. The van der Waals surface area contributed by atoms with Crippen molar-refractivity contribution in [2.75, 3.05) is 10.7 Å².